The second-order valence-electron chi connectivity index (χ2n) is 6.51. The first-order valence-corrected chi connectivity index (χ1v) is 7.88. The lowest BCUT2D eigenvalue weighted by Gasteiger charge is -2.49. The molecule has 2 amide bonds. The highest BCUT2D eigenvalue weighted by molar-refractivity contribution is 5.74. The van der Waals surface area contributed by atoms with E-state index < -0.39 is 5.97 Å². The second kappa shape index (κ2) is 6.64. The molecule has 0 aromatic heterocycles. The summed E-state index contributed by atoms with van der Waals surface area (Å²) in [5.74, 6) is -0.729. The molecule has 0 atom stereocenters. The number of likely N-dealkylation sites (tertiary alicyclic amines) is 2. The summed E-state index contributed by atoms with van der Waals surface area (Å²) in [4.78, 5) is 29.2. The third kappa shape index (κ3) is 3.67. The molecule has 6 nitrogen and oxygen atoms in total. The predicted molar refractivity (Wildman–Crippen MR) is 80.3 cm³/mol. The van der Waals surface area contributed by atoms with E-state index in [-0.39, 0.29) is 18.0 Å². The van der Waals surface area contributed by atoms with Crippen molar-refractivity contribution < 1.29 is 14.7 Å². The zero-order valence-electron chi connectivity index (χ0n) is 13.2. The summed E-state index contributed by atoms with van der Waals surface area (Å²) >= 11 is 0. The summed E-state index contributed by atoms with van der Waals surface area (Å²) < 4.78 is 0. The molecule has 2 aliphatic heterocycles. The molecule has 0 aliphatic carbocycles. The van der Waals surface area contributed by atoms with E-state index in [1.54, 1.807) is 19.0 Å². The van der Waals surface area contributed by atoms with Gasteiger partial charge < -0.3 is 14.9 Å². The average molecular weight is 297 g/mol. The molecule has 2 fully saturated rings. The molecule has 2 saturated heterocycles. The van der Waals surface area contributed by atoms with E-state index in [0.29, 0.717) is 13.1 Å². The van der Waals surface area contributed by atoms with Gasteiger partial charge in [-0.1, -0.05) is 6.42 Å². The van der Waals surface area contributed by atoms with E-state index in [4.69, 9.17) is 0 Å². The molecule has 2 aliphatic rings. The lowest BCUT2D eigenvalue weighted by atomic mass is 9.81. The van der Waals surface area contributed by atoms with Crippen LogP contribution in [0.1, 0.15) is 38.5 Å². The SMILES string of the molecule is CN(C)C(=O)N1CCC(CC(=O)O)(N2CCCCC2)CC1. The average Bonchev–Trinajstić information content (AvgIpc) is 2.47. The zero-order chi connectivity index (χ0) is 15.5. The Morgan fingerprint density at radius 1 is 1.05 bits per heavy atom. The van der Waals surface area contributed by atoms with Crippen LogP contribution in [0.4, 0.5) is 4.79 Å². The van der Waals surface area contributed by atoms with Gasteiger partial charge >= 0.3 is 12.0 Å². The Labute approximate surface area is 126 Å². The number of urea groups is 1. The molecular weight excluding hydrogens is 270 g/mol. The monoisotopic (exact) mass is 297 g/mol. The molecule has 1 N–H and O–H groups in total. The number of carbonyl (C=O) groups excluding carboxylic acids is 1. The molecule has 2 heterocycles. The molecule has 0 bridgehead atoms. The van der Waals surface area contributed by atoms with Gasteiger partial charge in [0.05, 0.1) is 6.42 Å². The highest BCUT2D eigenvalue weighted by Gasteiger charge is 2.42. The minimum atomic E-state index is -0.729. The summed E-state index contributed by atoms with van der Waals surface area (Å²) in [7, 11) is 3.51. The Morgan fingerprint density at radius 3 is 2.10 bits per heavy atom. The van der Waals surface area contributed by atoms with Gasteiger partial charge in [0.2, 0.25) is 0 Å². The minimum absolute atomic E-state index is 0.0255. The first-order valence-electron chi connectivity index (χ1n) is 7.88. The Morgan fingerprint density at radius 2 is 1.62 bits per heavy atom. The Hall–Kier alpha value is -1.30. The molecule has 0 radical (unpaired) electrons. The van der Waals surface area contributed by atoms with E-state index in [1.165, 1.54) is 6.42 Å². The van der Waals surface area contributed by atoms with Crippen molar-refractivity contribution >= 4 is 12.0 Å². The van der Waals surface area contributed by atoms with Crippen molar-refractivity contribution in [2.75, 3.05) is 40.3 Å². The van der Waals surface area contributed by atoms with Crippen LogP contribution in [0.5, 0.6) is 0 Å². The Balaban J connectivity index is 2.05. The van der Waals surface area contributed by atoms with Crippen molar-refractivity contribution in [3.63, 3.8) is 0 Å². The first kappa shape index (κ1) is 16.1. The Bertz CT molecular complexity index is 384. The quantitative estimate of drug-likeness (QED) is 0.856. The van der Waals surface area contributed by atoms with Gasteiger partial charge in [-0.3, -0.25) is 9.69 Å². The molecular formula is C15H27N3O3. The number of aliphatic carboxylic acids is 1. The predicted octanol–water partition coefficient (Wildman–Crippen LogP) is 1.46. The largest absolute Gasteiger partial charge is 0.481 e. The third-order valence-electron chi connectivity index (χ3n) is 4.85. The summed E-state index contributed by atoms with van der Waals surface area (Å²) in [5, 5.41) is 9.31. The van der Waals surface area contributed by atoms with Crippen LogP contribution in [0.2, 0.25) is 0 Å². The molecule has 0 spiro atoms. The van der Waals surface area contributed by atoms with E-state index in [0.717, 1.165) is 38.8 Å². The van der Waals surface area contributed by atoms with Crippen LogP contribution in [0.15, 0.2) is 0 Å². The fourth-order valence-corrected chi connectivity index (χ4v) is 3.65. The number of carboxylic acids is 1. The van der Waals surface area contributed by atoms with Crippen LogP contribution in [0.3, 0.4) is 0 Å². The maximum Gasteiger partial charge on any atom is 0.319 e. The van der Waals surface area contributed by atoms with Gasteiger partial charge in [-0.15, -0.1) is 0 Å². The summed E-state index contributed by atoms with van der Waals surface area (Å²) in [6.07, 6.45) is 5.27. The highest BCUT2D eigenvalue weighted by Crippen LogP contribution is 2.34. The molecule has 120 valence electrons. The molecule has 21 heavy (non-hydrogen) atoms. The highest BCUT2D eigenvalue weighted by atomic mass is 16.4. The lowest BCUT2D eigenvalue weighted by Crippen LogP contribution is -2.59. The number of carboxylic acid groups (broad SMARTS) is 1. The van der Waals surface area contributed by atoms with Gasteiger partial charge in [-0.25, -0.2) is 4.79 Å². The maximum absolute atomic E-state index is 12.0. The van der Waals surface area contributed by atoms with Crippen LogP contribution >= 0.6 is 0 Å². The van der Waals surface area contributed by atoms with Crippen molar-refractivity contribution in [2.45, 2.75) is 44.1 Å². The van der Waals surface area contributed by atoms with Crippen molar-refractivity contribution in [3.8, 4) is 0 Å². The standard InChI is InChI=1S/C15H27N3O3/c1-16(2)14(21)17-10-6-15(7-11-17,12-13(19)20)18-8-4-3-5-9-18/h3-12H2,1-2H3,(H,19,20). The summed E-state index contributed by atoms with van der Waals surface area (Å²) in [6, 6.07) is 0.0255. The second-order valence-corrected chi connectivity index (χ2v) is 6.51. The van der Waals surface area contributed by atoms with Gasteiger partial charge in [-0.05, 0) is 38.8 Å². The van der Waals surface area contributed by atoms with E-state index in [9.17, 15) is 14.7 Å². The Kier molecular flexibility index (Phi) is 5.08. The molecule has 0 aromatic rings. The summed E-state index contributed by atoms with van der Waals surface area (Å²) in [6.45, 7) is 3.30. The van der Waals surface area contributed by atoms with Crippen LogP contribution in [-0.2, 0) is 4.79 Å². The van der Waals surface area contributed by atoms with Gasteiger partial charge in [0.1, 0.15) is 0 Å². The zero-order valence-corrected chi connectivity index (χ0v) is 13.2. The van der Waals surface area contributed by atoms with Crippen molar-refractivity contribution in [1.29, 1.82) is 0 Å². The fraction of sp³-hybridized carbons (Fsp3) is 0.867. The van der Waals surface area contributed by atoms with E-state index >= 15 is 0 Å². The lowest BCUT2D eigenvalue weighted by molar-refractivity contribution is -0.142. The number of carbonyl (C=O) groups is 2. The van der Waals surface area contributed by atoms with Crippen molar-refractivity contribution in [3.05, 3.63) is 0 Å². The van der Waals surface area contributed by atoms with Crippen LogP contribution in [0.25, 0.3) is 0 Å². The third-order valence-corrected chi connectivity index (χ3v) is 4.85. The minimum Gasteiger partial charge on any atom is -0.481 e. The number of hydrogen-bond acceptors (Lipinski definition) is 3. The molecule has 0 aromatic carbocycles. The van der Waals surface area contributed by atoms with Crippen molar-refractivity contribution in [1.82, 2.24) is 14.7 Å². The normalized spacial score (nSPS) is 22.9. The van der Waals surface area contributed by atoms with Crippen LogP contribution in [0, 0.1) is 0 Å². The van der Waals surface area contributed by atoms with Gasteiger partial charge in [-0.2, -0.15) is 0 Å². The smallest absolute Gasteiger partial charge is 0.319 e. The topological polar surface area (TPSA) is 64.1 Å². The van der Waals surface area contributed by atoms with Gasteiger partial charge in [0.25, 0.3) is 0 Å². The maximum atomic E-state index is 12.0. The first-order chi connectivity index (χ1) is 9.94. The molecule has 2 rings (SSSR count). The van der Waals surface area contributed by atoms with Crippen LogP contribution < -0.4 is 0 Å². The van der Waals surface area contributed by atoms with E-state index in [2.05, 4.69) is 4.90 Å². The van der Waals surface area contributed by atoms with Gasteiger partial charge in [0, 0.05) is 32.7 Å². The number of piperidine rings is 2. The summed E-state index contributed by atoms with van der Waals surface area (Å²) in [5.41, 5.74) is -0.255. The fourth-order valence-electron chi connectivity index (χ4n) is 3.65. The number of nitrogens with zero attached hydrogens (tertiary/aromatic N) is 3. The van der Waals surface area contributed by atoms with Crippen molar-refractivity contribution in [2.24, 2.45) is 0 Å². The number of hydrogen-bond donors (Lipinski definition) is 1. The number of amides is 2. The van der Waals surface area contributed by atoms with Crippen LogP contribution in [-0.4, -0.2) is 77.6 Å². The van der Waals surface area contributed by atoms with Gasteiger partial charge in [0.15, 0.2) is 0 Å². The molecule has 6 heteroatoms. The molecule has 0 unspecified atom stereocenters. The number of rotatable bonds is 3. The van der Waals surface area contributed by atoms with E-state index in [1.807, 2.05) is 4.90 Å². The molecule has 0 saturated carbocycles.